The second-order valence-electron chi connectivity index (χ2n) is 12.8. The third kappa shape index (κ3) is 9.73. The van der Waals surface area contributed by atoms with E-state index in [4.69, 9.17) is 4.98 Å². The largest absolute Gasteiger partial charge is 0.301 e. The van der Waals surface area contributed by atoms with E-state index in [0.29, 0.717) is 30.0 Å². The molecule has 212 valence electrons. The highest BCUT2D eigenvalue weighted by Crippen LogP contribution is 2.26. The van der Waals surface area contributed by atoms with Crippen molar-refractivity contribution in [2.45, 2.75) is 98.8 Å². The molecular weight excluding hydrogens is 466 g/mol. The van der Waals surface area contributed by atoms with Gasteiger partial charge < -0.3 is 4.90 Å². The van der Waals surface area contributed by atoms with Gasteiger partial charge in [-0.25, -0.2) is 0 Å². The van der Waals surface area contributed by atoms with Crippen LogP contribution < -0.4 is 0 Å². The smallest absolute Gasteiger partial charge is 0.0572 e. The summed E-state index contributed by atoms with van der Waals surface area (Å²) in [6.07, 6.45) is 9.06. The van der Waals surface area contributed by atoms with Gasteiger partial charge in [0.05, 0.1) is 11.4 Å². The number of pyridine rings is 2. The third-order valence-corrected chi connectivity index (χ3v) is 8.50. The molecule has 0 N–H and O–H groups in total. The van der Waals surface area contributed by atoms with Gasteiger partial charge in [-0.15, -0.1) is 0 Å². The molecule has 0 aliphatic carbocycles. The summed E-state index contributed by atoms with van der Waals surface area (Å²) in [5.74, 6) is 2.11. The summed E-state index contributed by atoms with van der Waals surface area (Å²) < 4.78 is 0. The number of likely N-dealkylation sites (tertiary alicyclic amines) is 1. The molecule has 0 aromatic carbocycles. The van der Waals surface area contributed by atoms with Crippen LogP contribution >= 0.6 is 0 Å². The predicted molar refractivity (Wildman–Crippen MR) is 161 cm³/mol. The minimum atomic E-state index is 0.315. The van der Waals surface area contributed by atoms with Crippen LogP contribution in [0.2, 0.25) is 0 Å². The SMILES string of the molecule is CC(Cc1ccnc(CN(CC(C)CC2CCCN(C(C)C)C2)C(C)C)c1)CN(C)C(C)c1ccccn1. The number of hydrogen-bond donors (Lipinski definition) is 0. The lowest BCUT2D eigenvalue weighted by atomic mass is 9.88. The summed E-state index contributed by atoms with van der Waals surface area (Å²) in [5.41, 5.74) is 3.74. The van der Waals surface area contributed by atoms with Gasteiger partial charge in [0.15, 0.2) is 0 Å². The number of hydrogen-bond acceptors (Lipinski definition) is 5. The maximum absolute atomic E-state index is 4.78. The summed E-state index contributed by atoms with van der Waals surface area (Å²) in [5, 5.41) is 0. The van der Waals surface area contributed by atoms with Crippen molar-refractivity contribution in [1.29, 1.82) is 0 Å². The van der Waals surface area contributed by atoms with Crippen LogP contribution in [0, 0.1) is 17.8 Å². The van der Waals surface area contributed by atoms with E-state index in [2.05, 4.69) is 99.5 Å². The van der Waals surface area contributed by atoms with Crippen LogP contribution in [0.5, 0.6) is 0 Å². The van der Waals surface area contributed by atoms with Crippen molar-refractivity contribution in [3.63, 3.8) is 0 Å². The Morgan fingerprint density at radius 3 is 2.42 bits per heavy atom. The topological polar surface area (TPSA) is 35.5 Å². The van der Waals surface area contributed by atoms with E-state index in [1.54, 1.807) is 0 Å². The molecule has 2 aromatic heterocycles. The molecule has 0 saturated carbocycles. The highest BCUT2D eigenvalue weighted by Gasteiger charge is 2.24. The lowest BCUT2D eigenvalue weighted by Crippen LogP contribution is -2.41. The Hall–Kier alpha value is -1.82. The molecule has 0 bridgehead atoms. The molecule has 1 fully saturated rings. The first-order valence-corrected chi connectivity index (χ1v) is 15.1. The molecule has 0 amide bonds. The lowest BCUT2D eigenvalue weighted by Gasteiger charge is -2.37. The zero-order chi connectivity index (χ0) is 27.7. The average molecular weight is 522 g/mol. The van der Waals surface area contributed by atoms with Gasteiger partial charge >= 0.3 is 0 Å². The Morgan fingerprint density at radius 2 is 1.74 bits per heavy atom. The van der Waals surface area contributed by atoms with Gasteiger partial charge in [0.25, 0.3) is 0 Å². The average Bonchev–Trinajstić information content (AvgIpc) is 2.88. The first-order valence-electron chi connectivity index (χ1n) is 15.1. The number of nitrogens with zero attached hydrogens (tertiary/aromatic N) is 5. The van der Waals surface area contributed by atoms with Crippen LogP contribution in [0.25, 0.3) is 0 Å². The molecule has 4 unspecified atom stereocenters. The Balaban J connectivity index is 1.52. The number of rotatable bonds is 14. The predicted octanol–water partition coefficient (Wildman–Crippen LogP) is 6.71. The molecular formula is C33H55N5. The fourth-order valence-corrected chi connectivity index (χ4v) is 6.18. The zero-order valence-corrected chi connectivity index (χ0v) is 25.6. The molecule has 5 heteroatoms. The third-order valence-electron chi connectivity index (χ3n) is 8.50. The maximum Gasteiger partial charge on any atom is 0.0572 e. The Bertz CT molecular complexity index is 930. The molecule has 1 saturated heterocycles. The van der Waals surface area contributed by atoms with Crippen molar-refractivity contribution < 1.29 is 0 Å². The molecule has 0 spiro atoms. The zero-order valence-electron chi connectivity index (χ0n) is 25.6. The monoisotopic (exact) mass is 521 g/mol. The normalized spacial score (nSPS) is 19.4. The highest BCUT2D eigenvalue weighted by atomic mass is 15.2. The van der Waals surface area contributed by atoms with Crippen molar-refractivity contribution in [3.05, 3.63) is 59.7 Å². The molecule has 0 radical (unpaired) electrons. The van der Waals surface area contributed by atoms with Crippen LogP contribution in [0.15, 0.2) is 42.7 Å². The van der Waals surface area contributed by atoms with Gasteiger partial charge in [-0.1, -0.05) is 19.9 Å². The minimum absolute atomic E-state index is 0.315. The van der Waals surface area contributed by atoms with Crippen LogP contribution in [-0.4, -0.2) is 70.0 Å². The fourth-order valence-electron chi connectivity index (χ4n) is 6.18. The molecule has 3 heterocycles. The molecule has 5 nitrogen and oxygen atoms in total. The molecule has 2 aromatic rings. The standard InChI is InChI=1S/C33H55N5/c1-25(2)37-17-11-12-31(23-37)19-28(6)22-38(26(3)4)24-32-20-30(14-16-34-32)18-27(5)21-36(8)29(7)33-13-9-10-15-35-33/h9-10,13-16,20,25-29,31H,11-12,17-19,21-24H2,1-8H3. The number of piperidine rings is 1. The van der Waals surface area contributed by atoms with E-state index in [1.807, 2.05) is 18.5 Å². The van der Waals surface area contributed by atoms with Crippen molar-refractivity contribution in [2.75, 3.05) is 33.2 Å². The van der Waals surface area contributed by atoms with E-state index in [0.717, 1.165) is 37.7 Å². The second-order valence-corrected chi connectivity index (χ2v) is 12.8. The number of aromatic nitrogens is 2. The van der Waals surface area contributed by atoms with E-state index < -0.39 is 0 Å². The first kappa shape index (κ1) is 30.7. The van der Waals surface area contributed by atoms with E-state index in [1.165, 1.54) is 43.6 Å². The summed E-state index contributed by atoms with van der Waals surface area (Å²) in [4.78, 5) is 17.1. The summed E-state index contributed by atoms with van der Waals surface area (Å²) >= 11 is 0. The highest BCUT2D eigenvalue weighted by molar-refractivity contribution is 5.17. The van der Waals surface area contributed by atoms with Crippen molar-refractivity contribution >= 4 is 0 Å². The molecule has 4 atom stereocenters. The van der Waals surface area contributed by atoms with Crippen molar-refractivity contribution in [1.82, 2.24) is 24.7 Å². The van der Waals surface area contributed by atoms with Crippen LogP contribution in [0.4, 0.5) is 0 Å². The summed E-state index contributed by atoms with van der Waals surface area (Å²) in [6.45, 7) is 22.1. The fraction of sp³-hybridized carbons (Fsp3) is 0.697. The summed E-state index contributed by atoms with van der Waals surface area (Å²) in [7, 11) is 2.21. The Kier molecular flexibility index (Phi) is 12.2. The van der Waals surface area contributed by atoms with E-state index in [-0.39, 0.29) is 0 Å². The molecule has 1 aliphatic rings. The van der Waals surface area contributed by atoms with Crippen LogP contribution in [0.1, 0.15) is 90.7 Å². The van der Waals surface area contributed by atoms with Crippen molar-refractivity contribution in [3.8, 4) is 0 Å². The van der Waals surface area contributed by atoms with Crippen LogP contribution in [-0.2, 0) is 13.0 Å². The van der Waals surface area contributed by atoms with E-state index >= 15 is 0 Å². The van der Waals surface area contributed by atoms with Gasteiger partial charge in [0.1, 0.15) is 0 Å². The molecule has 38 heavy (non-hydrogen) atoms. The lowest BCUT2D eigenvalue weighted by molar-refractivity contribution is 0.113. The first-order chi connectivity index (χ1) is 18.1. The molecule has 3 rings (SSSR count). The Labute approximate surface area is 234 Å². The quantitative estimate of drug-likeness (QED) is 0.276. The van der Waals surface area contributed by atoms with E-state index in [9.17, 15) is 0 Å². The van der Waals surface area contributed by atoms with Crippen LogP contribution in [0.3, 0.4) is 0 Å². The van der Waals surface area contributed by atoms with Gasteiger partial charge in [-0.3, -0.25) is 19.8 Å². The van der Waals surface area contributed by atoms with Gasteiger partial charge in [0.2, 0.25) is 0 Å². The summed E-state index contributed by atoms with van der Waals surface area (Å²) in [6, 6.07) is 12.2. The molecule has 1 aliphatic heterocycles. The Morgan fingerprint density at radius 1 is 0.947 bits per heavy atom. The van der Waals surface area contributed by atoms with Gasteiger partial charge in [0, 0.05) is 56.7 Å². The van der Waals surface area contributed by atoms with Gasteiger partial charge in [-0.05, 0) is 121 Å². The second kappa shape index (κ2) is 15.1. The van der Waals surface area contributed by atoms with Crippen molar-refractivity contribution in [2.24, 2.45) is 17.8 Å². The van der Waals surface area contributed by atoms with Gasteiger partial charge in [-0.2, -0.15) is 0 Å². The minimum Gasteiger partial charge on any atom is -0.301 e. The maximum atomic E-state index is 4.78.